The summed E-state index contributed by atoms with van der Waals surface area (Å²) in [6.45, 7) is 0. The minimum Gasteiger partial charge on any atom is -0.363 e. The number of hydrogen-bond donors (Lipinski definition) is 1. The van der Waals surface area contributed by atoms with Crippen molar-refractivity contribution in [2.45, 2.75) is 25.3 Å². The Morgan fingerprint density at radius 3 is 3.11 bits per heavy atom. The molecule has 0 saturated carbocycles. The first-order valence-electron chi connectivity index (χ1n) is 6.06. The van der Waals surface area contributed by atoms with Gasteiger partial charge in [-0.3, -0.25) is 0 Å². The summed E-state index contributed by atoms with van der Waals surface area (Å²) in [6.07, 6.45) is 5.18. The van der Waals surface area contributed by atoms with Crippen LogP contribution in [0.15, 0.2) is 29.8 Å². The number of thiophene rings is 1. The number of rotatable bonds is 2. The SMILES string of the molecule is N#Cc1ccc(NC2CCCc3sccc32)nc1. The third-order valence-corrected chi connectivity index (χ3v) is 4.26. The average molecular weight is 255 g/mol. The zero-order chi connectivity index (χ0) is 12.4. The summed E-state index contributed by atoms with van der Waals surface area (Å²) in [6, 6.07) is 8.32. The smallest absolute Gasteiger partial charge is 0.126 e. The second-order valence-corrected chi connectivity index (χ2v) is 5.43. The van der Waals surface area contributed by atoms with Gasteiger partial charge in [0, 0.05) is 11.1 Å². The monoisotopic (exact) mass is 255 g/mol. The first-order valence-corrected chi connectivity index (χ1v) is 6.94. The minimum atomic E-state index is 0.362. The molecule has 2 aromatic rings. The van der Waals surface area contributed by atoms with Crippen molar-refractivity contribution in [1.29, 1.82) is 5.26 Å². The zero-order valence-corrected chi connectivity index (χ0v) is 10.7. The summed E-state index contributed by atoms with van der Waals surface area (Å²) in [5.74, 6) is 0.845. The second-order valence-electron chi connectivity index (χ2n) is 4.43. The number of fused-ring (bicyclic) bond motifs is 1. The van der Waals surface area contributed by atoms with E-state index in [1.807, 2.05) is 17.4 Å². The Bertz CT molecular complexity index is 580. The van der Waals surface area contributed by atoms with Crippen LogP contribution in [0.5, 0.6) is 0 Å². The fourth-order valence-electron chi connectivity index (χ4n) is 2.36. The van der Waals surface area contributed by atoms with E-state index in [9.17, 15) is 0 Å². The molecule has 1 atom stereocenters. The van der Waals surface area contributed by atoms with E-state index in [0.717, 1.165) is 12.2 Å². The topological polar surface area (TPSA) is 48.7 Å². The van der Waals surface area contributed by atoms with Gasteiger partial charge in [0.05, 0.1) is 11.6 Å². The predicted molar refractivity (Wildman–Crippen MR) is 72.6 cm³/mol. The Morgan fingerprint density at radius 2 is 2.33 bits per heavy atom. The van der Waals surface area contributed by atoms with Crippen LogP contribution in [0.1, 0.15) is 34.9 Å². The van der Waals surface area contributed by atoms with Gasteiger partial charge in [0.1, 0.15) is 11.9 Å². The van der Waals surface area contributed by atoms with Gasteiger partial charge in [0.15, 0.2) is 0 Å². The minimum absolute atomic E-state index is 0.362. The van der Waals surface area contributed by atoms with E-state index in [1.54, 1.807) is 12.3 Å². The normalized spacial score (nSPS) is 17.8. The van der Waals surface area contributed by atoms with Gasteiger partial charge in [-0.05, 0) is 48.4 Å². The van der Waals surface area contributed by atoms with Gasteiger partial charge in [-0.15, -0.1) is 11.3 Å². The van der Waals surface area contributed by atoms with Crippen molar-refractivity contribution in [1.82, 2.24) is 4.98 Å². The summed E-state index contributed by atoms with van der Waals surface area (Å²) >= 11 is 1.84. The molecule has 1 N–H and O–H groups in total. The number of nitrogens with zero attached hydrogens (tertiary/aromatic N) is 2. The molecule has 18 heavy (non-hydrogen) atoms. The summed E-state index contributed by atoms with van der Waals surface area (Å²) in [5, 5.41) is 14.4. The third-order valence-electron chi connectivity index (χ3n) is 3.27. The summed E-state index contributed by atoms with van der Waals surface area (Å²) in [4.78, 5) is 5.76. The molecular weight excluding hydrogens is 242 g/mol. The fraction of sp³-hybridized carbons (Fsp3) is 0.286. The first-order chi connectivity index (χ1) is 8.86. The largest absolute Gasteiger partial charge is 0.363 e. The predicted octanol–water partition coefficient (Wildman–Crippen LogP) is 3.50. The number of pyridine rings is 1. The molecule has 1 unspecified atom stereocenters. The molecule has 1 aliphatic rings. The number of aromatic nitrogens is 1. The van der Waals surface area contributed by atoms with Crippen molar-refractivity contribution in [3.05, 3.63) is 45.8 Å². The quantitative estimate of drug-likeness (QED) is 0.893. The third kappa shape index (κ3) is 2.09. The van der Waals surface area contributed by atoms with Crippen LogP contribution in [-0.2, 0) is 6.42 Å². The maximum absolute atomic E-state index is 8.74. The van der Waals surface area contributed by atoms with Gasteiger partial charge in [-0.1, -0.05) is 0 Å². The molecule has 0 radical (unpaired) electrons. The highest BCUT2D eigenvalue weighted by molar-refractivity contribution is 7.10. The molecule has 3 nitrogen and oxygen atoms in total. The fourth-order valence-corrected chi connectivity index (χ4v) is 3.35. The van der Waals surface area contributed by atoms with Crippen molar-refractivity contribution in [3.63, 3.8) is 0 Å². The maximum Gasteiger partial charge on any atom is 0.126 e. The van der Waals surface area contributed by atoms with Crippen LogP contribution in [0.25, 0.3) is 0 Å². The van der Waals surface area contributed by atoms with Crippen molar-refractivity contribution < 1.29 is 0 Å². The molecule has 2 heterocycles. The molecule has 0 spiro atoms. The molecule has 4 heteroatoms. The van der Waals surface area contributed by atoms with Crippen molar-refractivity contribution in [2.75, 3.05) is 5.32 Å². The van der Waals surface area contributed by atoms with Crippen LogP contribution in [0, 0.1) is 11.3 Å². The lowest BCUT2D eigenvalue weighted by Gasteiger charge is -2.24. The van der Waals surface area contributed by atoms with Crippen molar-refractivity contribution in [2.24, 2.45) is 0 Å². The molecule has 0 saturated heterocycles. The molecule has 1 aliphatic carbocycles. The van der Waals surface area contributed by atoms with Crippen LogP contribution in [0.3, 0.4) is 0 Å². The zero-order valence-electron chi connectivity index (χ0n) is 9.89. The highest BCUT2D eigenvalue weighted by Crippen LogP contribution is 2.35. The highest BCUT2D eigenvalue weighted by atomic mass is 32.1. The average Bonchev–Trinajstić information content (AvgIpc) is 2.89. The van der Waals surface area contributed by atoms with Crippen LogP contribution in [-0.4, -0.2) is 4.98 Å². The number of anilines is 1. The van der Waals surface area contributed by atoms with Crippen LogP contribution < -0.4 is 5.32 Å². The Hall–Kier alpha value is -1.86. The van der Waals surface area contributed by atoms with E-state index in [-0.39, 0.29) is 0 Å². The lowest BCUT2D eigenvalue weighted by atomic mass is 9.94. The molecule has 0 aliphatic heterocycles. The first kappa shape index (κ1) is 11.2. The van der Waals surface area contributed by atoms with E-state index in [1.165, 1.54) is 23.3 Å². The Balaban J connectivity index is 1.80. The molecular formula is C14H13N3S. The Kier molecular flexibility index (Phi) is 2.99. The molecule has 90 valence electrons. The van der Waals surface area contributed by atoms with Crippen LogP contribution in [0.2, 0.25) is 0 Å². The van der Waals surface area contributed by atoms with Gasteiger partial charge in [0.25, 0.3) is 0 Å². The molecule has 0 amide bonds. The van der Waals surface area contributed by atoms with E-state index in [0.29, 0.717) is 11.6 Å². The van der Waals surface area contributed by atoms with Crippen molar-refractivity contribution >= 4 is 17.2 Å². The number of aryl methyl sites for hydroxylation is 1. The van der Waals surface area contributed by atoms with Gasteiger partial charge in [-0.25, -0.2) is 4.98 Å². The summed E-state index contributed by atoms with van der Waals surface area (Å²) in [7, 11) is 0. The van der Waals surface area contributed by atoms with E-state index in [4.69, 9.17) is 5.26 Å². The maximum atomic E-state index is 8.74. The van der Waals surface area contributed by atoms with Crippen LogP contribution in [0.4, 0.5) is 5.82 Å². The van der Waals surface area contributed by atoms with Crippen molar-refractivity contribution in [3.8, 4) is 6.07 Å². The molecule has 0 fully saturated rings. The van der Waals surface area contributed by atoms with Gasteiger partial charge >= 0.3 is 0 Å². The van der Waals surface area contributed by atoms with E-state index in [2.05, 4.69) is 27.8 Å². The van der Waals surface area contributed by atoms with Gasteiger partial charge in [-0.2, -0.15) is 5.26 Å². The second kappa shape index (κ2) is 4.79. The molecule has 0 bridgehead atoms. The molecule has 3 rings (SSSR count). The standard InChI is InChI=1S/C14H13N3S/c15-8-10-4-5-14(16-9-10)17-12-2-1-3-13-11(12)6-7-18-13/h4-7,9,12H,1-3H2,(H,16,17). The Morgan fingerprint density at radius 1 is 1.39 bits per heavy atom. The van der Waals surface area contributed by atoms with E-state index >= 15 is 0 Å². The number of nitrogens with one attached hydrogen (secondary N) is 1. The number of nitriles is 1. The van der Waals surface area contributed by atoms with Gasteiger partial charge < -0.3 is 5.32 Å². The molecule has 0 aromatic carbocycles. The summed E-state index contributed by atoms with van der Waals surface area (Å²) < 4.78 is 0. The molecule has 2 aromatic heterocycles. The van der Waals surface area contributed by atoms with Crippen LogP contribution >= 0.6 is 11.3 Å². The highest BCUT2D eigenvalue weighted by Gasteiger charge is 2.21. The number of hydrogen-bond acceptors (Lipinski definition) is 4. The summed E-state index contributed by atoms with van der Waals surface area (Å²) in [5.41, 5.74) is 2.01. The van der Waals surface area contributed by atoms with Gasteiger partial charge in [0.2, 0.25) is 0 Å². The van der Waals surface area contributed by atoms with E-state index < -0.39 is 0 Å². The Labute approximate surface area is 110 Å². The lowest BCUT2D eigenvalue weighted by molar-refractivity contribution is 0.607. The lowest BCUT2D eigenvalue weighted by Crippen LogP contribution is -2.16.